The molecule has 0 bridgehead atoms. The summed E-state index contributed by atoms with van der Waals surface area (Å²) >= 11 is 0. The Bertz CT molecular complexity index is 736. The molecule has 1 spiro atoms. The number of hydrogen-bond donors (Lipinski definition) is 2. The number of amides is 1. The minimum atomic E-state index is 0.181. The second kappa shape index (κ2) is 7.60. The van der Waals surface area contributed by atoms with Gasteiger partial charge in [0.15, 0.2) is 0 Å². The molecule has 2 aliphatic rings. The Morgan fingerprint density at radius 2 is 1.65 bits per heavy atom. The zero-order valence-electron chi connectivity index (χ0n) is 15.0. The van der Waals surface area contributed by atoms with Crippen LogP contribution in [-0.4, -0.2) is 19.0 Å². The second-order valence-electron chi connectivity index (χ2n) is 7.53. The van der Waals surface area contributed by atoms with Crippen molar-refractivity contribution in [2.24, 2.45) is 11.3 Å². The first-order valence-corrected chi connectivity index (χ1v) is 9.47. The Morgan fingerprint density at radius 3 is 2.35 bits per heavy atom. The van der Waals surface area contributed by atoms with Gasteiger partial charge >= 0.3 is 0 Å². The monoisotopic (exact) mass is 350 g/mol. The van der Waals surface area contributed by atoms with E-state index in [9.17, 15) is 4.79 Å². The van der Waals surface area contributed by atoms with Crippen molar-refractivity contribution in [2.75, 3.05) is 18.4 Å². The van der Waals surface area contributed by atoms with Crippen LogP contribution in [0.3, 0.4) is 0 Å². The molecule has 1 atom stereocenters. The van der Waals surface area contributed by atoms with Crippen LogP contribution in [0.1, 0.15) is 30.4 Å². The molecule has 1 aliphatic heterocycles. The number of nitrogens with one attached hydrogen (secondary N) is 2. The zero-order chi connectivity index (χ0) is 17.8. The molecule has 1 unspecified atom stereocenters. The van der Waals surface area contributed by atoms with Crippen molar-refractivity contribution in [2.45, 2.75) is 32.5 Å². The van der Waals surface area contributed by atoms with Crippen molar-refractivity contribution in [3.05, 3.63) is 65.7 Å². The van der Waals surface area contributed by atoms with Gasteiger partial charge in [0.25, 0.3) is 0 Å². The molecule has 4 nitrogen and oxygen atoms in total. The van der Waals surface area contributed by atoms with E-state index in [1.165, 1.54) is 5.56 Å². The van der Waals surface area contributed by atoms with Crippen LogP contribution < -0.4 is 10.6 Å². The van der Waals surface area contributed by atoms with Gasteiger partial charge in [-0.1, -0.05) is 42.5 Å². The quantitative estimate of drug-likeness (QED) is 0.835. The first-order chi connectivity index (χ1) is 12.8. The number of carbonyl (C=O) groups is 1. The lowest BCUT2D eigenvalue weighted by Crippen LogP contribution is -2.31. The van der Waals surface area contributed by atoms with E-state index in [0.29, 0.717) is 13.2 Å². The number of piperidine rings is 1. The predicted molar refractivity (Wildman–Crippen MR) is 103 cm³/mol. The Balaban J connectivity index is 1.25. The van der Waals surface area contributed by atoms with Crippen LogP contribution in [0.4, 0.5) is 5.69 Å². The van der Waals surface area contributed by atoms with Gasteiger partial charge in [-0.25, -0.2) is 0 Å². The molecular weight excluding hydrogens is 324 g/mol. The van der Waals surface area contributed by atoms with Crippen LogP contribution in [0.2, 0.25) is 0 Å². The van der Waals surface area contributed by atoms with Gasteiger partial charge in [-0.05, 0) is 61.0 Å². The van der Waals surface area contributed by atoms with Crippen LogP contribution in [0.15, 0.2) is 54.6 Å². The van der Waals surface area contributed by atoms with E-state index in [4.69, 9.17) is 4.74 Å². The first kappa shape index (κ1) is 17.3. The maximum absolute atomic E-state index is 12.5. The minimum absolute atomic E-state index is 0.181. The van der Waals surface area contributed by atoms with Crippen molar-refractivity contribution in [1.29, 1.82) is 0 Å². The molecule has 1 amide bonds. The van der Waals surface area contributed by atoms with Gasteiger partial charge in [0.05, 0.1) is 13.2 Å². The highest BCUT2D eigenvalue weighted by Gasteiger charge is 2.57. The number of benzene rings is 2. The third kappa shape index (κ3) is 3.97. The van der Waals surface area contributed by atoms with Crippen molar-refractivity contribution in [1.82, 2.24) is 5.32 Å². The van der Waals surface area contributed by atoms with E-state index in [1.54, 1.807) is 0 Å². The molecule has 0 radical (unpaired) electrons. The van der Waals surface area contributed by atoms with Gasteiger partial charge in [0, 0.05) is 11.6 Å². The molecule has 136 valence electrons. The fourth-order valence-electron chi connectivity index (χ4n) is 3.97. The van der Waals surface area contributed by atoms with Gasteiger partial charge in [-0.3, -0.25) is 4.79 Å². The lowest BCUT2D eigenvalue weighted by Gasteiger charge is -2.23. The van der Waals surface area contributed by atoms with Crippen LogP contribution in [0.5, 0.6) is 0 Å². The zero-order valence-corrected chi connectivity index (χ0v) is 15.0. The summed E-state index contributed by atoms with van der Waals surface area (Å²) in [6.07, 6.45) is 3.30. The predicted octanol–water partition coefficient (Wildman–Crippen LogP) is 3.73. The fourth-order valence-corrected chi connectivity index (χ4v) is 3.97. The molecule has 2 fully saturated rings. The molecule has 0 aromatic heterocycles. The Morgan fingerprint density at radius 1 is 1.00 bits per heavy atom. The van der Waals surface area contributed by atoms with E-state index in [-0.39, 0.29) is 17.2 Å². The Kier molecular flexibility index (Phi) is 5.05. The Labute approximate surface area is 155 Å². The average molecular weight is 350 g/mol. The van der Waals surface area contributed by atoms with E-state index < -0.39 is 0 Å². The number of carbonyl (C=O) groups excluding carboxylic acids is 1. The summed E-state index contributed by atoms with van der Waals surface area (Å²) in [4.78, 5) is 12.5. The van der Waals surface area contributed by atoms with E-state index in [0.717, 1.165) is 43.6 Å². The molecule has 1 heterocycles. The molecule has 2 N–H and O–H groups in total. The molecular formula is C22H26N2O2. The van der Waals surface area contributed by atoms with Gasteiger partial charge in [-0.15, -0.1) is 0 Å². The van der Waals surface area contributed by atoms with Gasteiger partial charge < -0.3 is 15.4 Å². The van der Waals surface area contributed by atoms with Gasteiger partial charge in [0.2, 0.25) is 5.91 Å². The second-order valence-corrected chi connectivity index (χ2v) is 7.53. The van der Waals surface area contributed by atoms with Crippen LogP contribution in [-0.2, 0) is 22.7 Å². The summed E-state index contributed by atoms with van der Waals surface area (Å²) in [5.41, 5.74) is 3.44. The van der Waals surface area contributed by atoms with Crippen molar-refractivity contribution in [3.63, 3.8) is 0 Å². The van der Waals surface area contributed by atoms with E-state index in [2.05, 4.69) is 22.8 Å². The number of hydrogen-bond acceptors (Lipinski definition) is 3. The van der Waals surface area contributed by atoms with Crippen LogP contribution >= 0.6 is 0 Å². The molecule has 1 aliphatic carbocycles. The SMILES string of the molecule is O=C(Nc1ccc(COCc2ccccc2)cc1)C1CC12CCNCC2. The summed E-state index contributed by atoms with van der Waals surface area (Å²) in [7, 11) is 0. The third-order valence-corrected chi connectivity index (χ3v) is 5.71. The number of anilines is 1. The summed E-state index contributed by atoms with van der Waals surface area (Å²) in [5.74, 6) is 0.374. The molecule has 4 rings (SSSR count). The normalized spacial score (nSPS) is 20.7. The number of ether oxygens (including phenoxy) is 1. The summed E-state index contributed by atoms with van der Waals surface area (Å²) < 4.78 is 5.76. The lowest BCUT2D eigenvalue weighted by atomic mass is 9.92. The topological polar surface area (TPSA) is 50.4 Å². The highest BCUT2D eigenvalue weighted by Crippen LogP contribution is 2.58. The number of rotatable bonds is 6. The van der Waals surface area contributed by atoms with E-state index in [1.807, 2.05) is 42.5 Å². The van der Waals surface area contributed by atoms with Gasteiger partial charge in [-0.2, -0.15) is 0 Å². The highest BCUT2D eigenvalue weighted by atomic mass is 16.5. The van der Waals surface area contributed by atoms with Crippen molar-refractivity contribution < 1.29 is 9.53 Å². The lowest BCUT2D eigenvalue weighted by molar-refractivity contribution is -0.118. The third-order valence-electron chi connectivity index (χ3n) is 5.71. The van der Waals surface area contributed by atoms with Crippen LogP contribution in [0, 0.1) is 11.3 Å². The molecule has 1 saturated heterocycles. The highest BCUT2D eigenvalue weighted by molar-refractivity contribution is 5.95. The fraction of sp³-hybridized carbons (Fsp3) is 0.409. The maximum Gasteiger partial charge on any atom is 0.228 e. The summed E-state index contributed by atoms with van der Waals surface area (Å²) in [5, 5.41) is 6.46. The Hall–Kier alpha value is -2.17. The van der Waals surface area contributed by atoms with Crippen molar-refractivity contribution in [3.8, 4) is 0 Å². The van der Waals surface area contributed by atoms with Gasteiger partial charge in [0.1, 0.15) is 0 Å². The summed E-state index contributed by atoms with van der Waals surface area (Å²) in [6.45, 7) is 3.27. The first-order valence-electron chi connectivity index (χ1n) is 9.47. The summed E-state index contributed by atoms with van der Waals surface area (Å²) in [6, 6.07) is 18.1. The average Bonchev–Trinajstić information content (AvgIpc) is 3.37. The smallest absolute Gasteiger partial charge is 0.228 e. The van der Waals surface area contributed by atoms with Crippen LogP contribution in [0.25, 0.3) is 0 Å². The largest absolute Gasteiger partial charge is 0.372 e. The standard InChI is InChI=1S/C22H26N2O2/c25-21(20-14-22(20)10-12-23-13-11-22)24-19-8-6-18(7-9-19)16-26-15-17-4-2-1-3-5-17/h1-9,20,23H,10-16H2,(H,24,25). The minimum Gasteiger partial charge on any atom is -0.372 e. The van der Waals surface area contributed by atoms with E-state index >= 15 is 0 Å². The molecule has 2 aromatic rings. The molecule has 2 aromatic carbocycles. The molecule has 1 saturated carbocycles. The van der Waals surface area contributed by atoms with Crippen molar-refractivity contribution >= 4 is 11.6 Å². The maximum atomic E-state index is 12.5. The molecule has 4 heteroatoms. The molecule has 26 heavy (non-hydrogen) atoms.